The second kappa shape index (κ2) is 12.2. The highest BCUT2D eigenvalue weighted by molar-refractivity contribution is 7.90. The molecule has 1 saturated heterocycles. The molecular formula is C23H36F3N3O3S. The van der Waals surface area contributed by atoms with Gasteiger partial charge in [0.1, 0.15) is 0 Å². The van der Waals surface area contributed by atoms with Gasteiger partial charge in [-0.25, -0.2) is 8.42 Å². The number of amides is 1. The number of rotatable bonds is 11. The van der Waals surface area contributed by atoms with E-state index in [9.17, 15) is 26.4 Å². The molecule has 0 saturated carbocycles. The Bertz CT molecular complexity index is 860. The van der Waals surface area contributed by atoms with Crippen molar-refractivity contribution in [1.29, 1.82) is 0 Å². The first kappa shape index (κ1) is 27.6. The summed E-state index contributed by atoms with van der Waals surface area (Å²) in [6.45, 7) is 6.12. The van der Waals surface area contributed by atoms with E-state index in [0.29, 0.717) is 24.4 Å². The van der Waals surface area contributed by atoms with Gasteiger partial charge in [0.15, 0.2) is 9.84 Å². The average Bonchev–Trinajstić information content (AvgIpc) is 2.87. The van der Waals surface area contributed by atoms with Gasteiger partial charge in [-0.3, -0.25) is 9.69 Å². The molecule has 6 nitrogen and oxygen atoms in total. The van der Waals surface area contributed by atoms with Crippen molar-refractivity contribution in [3.05, 3.63) is 29.8 Å². The minimum Gasteiger partial charge on any atom is -0.342 e. The molecule has 1 aliphatic heterocycles. The van der Waals surface area contributed by atoms with Crippen LogP contribution in [0.15, 0.2) is 29.2 Å². The Morgan fingerprint density at radius 2 is 1.79 bits per heavy atom. The highest BCUT2D eigenvalue weighted by Gasteiger charge is 2.33. The topological polar surface area (TPSA) is 60.9 Å². The van der Waals surface area contributed by atoms with Crippen molar-refractivity contribution in [3.8, 4) is 0 Å². The molecule has 0 aromatic heterocycles. The summed E-state index contributed by atoms with van der Waals surface area (Å²) in [6.07, 6.45) is -0.0409. The molecule has 1 aromatic carbocycles. The number of sulfone groups is 1. The lowest BCUT2D eigenvalue weighted by atomic mass is 10.1. The third kappa shape index (κ3) is 9.62. The van der Waals surface area contributed by atoms with E-state index in [1.165, 1.54) is 11.2 Å². The van der Waals surface area contributed by atoms with E-state index in [0.717, 1.165) is 37.9 Å². The maximum absolute atomic E-state index is 12.6. The van der Waals surface area contributed by atoms with Crippen molar-refractivity contribution in [1.82, 2.24) is 14.7 Å². The summed E-state index contributed by atoms with van der Waals surface area (Å²) in [4.78, 5) is 17.9. The molecule has 1 aliphatic rings. The second-order valence-electron chi connectivity index (χ2n) is 8.87. The van der Waals surface area contributed by atoms with Crippen LogP contribution in [0.4, 0.5) is 13.2 Å². The molecule has 10 heteroatoms. The SMILES string of the molecule is CCN(CCCCN1CCCN(CC(F)(F)F)CC1=O)C(C)Cc1ccc(S(C)(=O)=O)cc1. The predicted octanol–water partition coefficient (Wildman–Crippen LogP) is 3.22. The lowest BCUT2D eigenvalue weighted by Gasteiger charge is -2.28. The van der Waals surface area contributed by atoms with Gasteiger partial charge in [-0.05, 0) is 63.4 Å². The molecular weight excluding hydrogens is 455 g/mol. The van der Waals surface area contributed by atoms with E-state index in [1.807, 2.05) is 12.1 Å². The van der Waals surface area contributed by atoms with Gasteiger partial charge in [0.2, 0.25) is 5.91 Å². The standard InChI is InChI=1S/C23H36F3N3O3S/c1-4-28(19(2)16-20-8-10-21(11-9-20)33(3,31)32)13-5-6-14-29-15-7-12-27(17-22(29)30)18-23(24,25)26/h8-11,19H,4-7,12-18H2,1-3H3. The number of hydrogen-bond donors (Lipinski definition) is 0. The van der Waals surface area contributed by atoms with E-state index < -0.39 is 22.6 Å². The van der Waals surface area contributed by atoms with E-state index in [-0.39, 0.29) is 25.0 Å². The van der Waals surface area contributed by atoms with Crippen molar-refractivity contribution in [3.63, 3.8) is 0 Å². The number of carbonyl (C=O) groups is 1. The first-order valence-electron chi connectivity index (χ1n) is 11.5. The average molecular weight is 492 g/mol. The number of hydrogen-bond acceptors (Lipinski definition) is 5. The summed E-state index contributed by atoms with van der Waals surface area (Å²) < 4.78 is 61.1. The van der Waals surface area contributed by atoms with Crippen molar-refractivity contribution in [2.75, 3.05) is 52.1 Å². The van der Waals surface area contributed by atoms with Gasteiger partial charge in [0.25, 0.3) is 0 Å². The number of nitrogens with zero attached hydrogens (tertiary/aromatic N) is 3. The fourth-order valence-electron chi connectivity index (χ4n) is 4.26. The maximum Gasteiger partial charge on any atom is 0.401 e. The highest BCUT2D eigenvalue weighted by Crippen LogP contribution is 2.18. The largest absolute Gasteiger partial charge is 0.401 e. The number of likely N-dealkylation sites (N-methyl/N-ethyl adjacent to an activating group) is 1. The maximum atomic E-state index is 12.6. The Labute approximate surface area is 195 Å². The predicted molar refractivity (Wildman–Crippen MR) is 123 cm³/mol. The van der Waals surface area contributed by atoms with Gasteiger partial charge in [0.05, 0.1) is 18.0 Å². The summed E-state index contributed by atoms with van der Waals surface area (Å²) in [6, 6.07) is 7.26. The van der Waals surface area contributed by atoms with Gasteiger partial charge in [-0.2, -0.15) is 13.2 Å². The summed E-state index contributed by atoms with van der Waals surface area (Å²) in [7, 11) is -3.20. The van der Waals surface area contributed by atoms with Gasteiger partial charge in [-0.1, -0.05) is 19.1 Å². The number of halogens is 3. The molecule has 0 spiro atoms. The zero-order chi connectivity index (χ0) is 24.6. The van der Waals surface area contributed by atoms with Crippen LogP contribution in [0, 0.1) is 0 Å². The zero-order valence-electron chi connectivity index (χ0n) is 19.8. The summed E-state index contributed by atoms with van der Waals surface area (Å²) in [5.74, 6) is -0.227. The quantitative estimate of drug-likeness (QED) is 0.445. The third-order valence-corrected chi connectivity index (χ3v) is 7.18. The molecule has 1 aromatic rings. The minimum absolute atomic E-state index is 0.171. The molecule has 1 heterocycles. The number of unbranched alkanes of at least 4 members (excludes halogenated alkanes) is 1. The van der Waals surface area contributed by atoms with E-state index in [2.05, 4.69) is 18.7 Å². The van der Waals surface area contributed by atoms with Crippen LogP contribution in [0.25, 0.3) is 0 Å². The number of carbonyl (C=O) groups excluding carboxylic acids is 1. The Kier molecular flexibility index (Phi) is 10.2. The van der Waals surface area contributed by atoms with Crippen LogP contribution in [0.5, 0.6) is 0 Å². The second-order valence-corrected chi connectivity index (χ2v) is 10.9. The lowest BCUT2D eigenvalue weighted by Crippen LogP contribution is -2.41. The van der Waals surface area contributed by atoms with Crippen LogP contribution < -0.4 is 0 Å². The van der Waals surface area contributed by atoms with Gasteiger partial charge >= 0.3 is 6.18 Å². The van der Waals surface area contributed by atoms with Gasteiger partial charge in [0, 0.05) is 31.9 Å². The smallest absolute Gasteiger partial charge is 0.342 e. The number of benzene rings is 1. The molecule has 0 N–H and O–H groups in total. The number of alkyl halides is 3. The molecule has 1 unspecified atom stereocenters. The molecule has 2 rings (SSSR count). The molecule has 0 aliphatic carbocycles. The van der Waals surface area contributed by atoms with Gasteiger partial charge in [-0.15, -0.1) is 0 Å². The Morgan fingerprint density at radius 1 is 1.12 bits per heavy atom. The van der Waals surface area contributed by atoms with Crippen molar-refractivity contribution in [2.24, 2.45) is 0 Å². The van der Waals surface area contributed by atoms with Crippen molar-refractivity contribution >= 4 is 15.7 Å². The van der Waals surface area contributed by atoms with Crippen LogP contribution in [0.1, 0.15) is 38.7 Å². The fourth-order valence-corrected chi connectivity index (χ4v) is 4.89. The van der Waals surface area contributed by atoms with Crippen molar-refractivity contribution < 1.29 is 26.4 Å². The van der Waals surface area contributed by atoms with Crippen LogP contribution in [0.2, 0.25) is 0 Å². The van der Waals surface area contributed by atoms with Crippen LogP contribution in [-0.2, 0) is 21.1 Å². The first-order valence-corrected chi connectivity index (χ1v) is 13.4. The Hall–Kier alpha value is -1.65. The van der Waals surface area contributed by atoms with Crippen LogP contribution in [0.3, 0.4) is 0 Å². The highest BCUT2D eigenvalue weighted by atomic mass is 32.2. The molecule has 1 fully saturated rings. The lowest BCUT2D eigenvalue weighted by molar-refractivity contribution is -0.149. The van der Waals surface area contributed by atoms with E-state index in [4.69, 9.17) is 0 Å². The molecule has 0 bridgehead atoms. The molecule has 33 heavy (non-hydrogen) atoms. The Morgan fingerprint density at radius 3 is 2.36 bits per heavy atom. The minimum atomic E-state index is -4.29. The summed E-state index contributed by atoms with van der Waals surface area (Å²) >= 11 is 0. The van der Waals surface area contributed by atoms with Crippen LogP contribution in [-0.4, -0.2) is 93.3 Å². The summed E-state index contributed by atoms with van der Waals surface area (Å²) in [5.41, 5.74) is 1.08. The first-order chi connectivity index (χ1) is 15.4. The summed E-state index contributed by atoms with van der Waals surface area (Å²) in [5, 5.41) is 0. The molecule has 0 radical (unpaired) electrons. The third-order valence-electron chi connectivity index (χ3n) is 6.05. The fraction of sp³-hybridized carbons (Fsp3) is 0.696. The van der Waals surface area contributed by atoms with Gasteiger partial charge < -0.3 is 9.80 Å². The monoisotopic (exact) mass is 491 g/mol. The molecule has 188 valence electrons. The zero-order valence-corrected chi connectivity index (χ0v) is 20.6. The normalized spacial score (nSPS) is 17.4. The van der Waals surface area contributed by atoms with E-state index >= 15 is 0 Å². The van der Waals surface area contributed by atoms with Crippen molar-refractivity contribution in [2.45, 2.75) is 56.6 Å². The Balaban J connectivity index is 1.77. The molecule has 1 amide bonds. The van der Waals surface area contributed by atoms with Crippen LogP contribution >= 0.6 is 0 Å². The van der Waals surface area contributed by atoms with E-state index in [1.54, 1.807) is 17.0 Å². The molecule has 1 atom stereocenters.